The van der Waals surface area contributed by atoms with Crippen molar-refractivity contribution in [1.82, 2.24) is 15.5 Å². The van der Waals surface area contributed by atoms with Gasteiger partial charge in [0, 0.05) is 26.7 Å². The summed E-state index contributed by atoms with van der Waals surface area (Å²) in [4.78, 5) is 6.62. The van der Waals surface area contributed by atoms with Crippen LogP contribution in [0.15, 0.2) is 23.2 Å². The molecule has 0 bridgehead atoms. The monoisotopic (exact) mass is 322 g/mol. The number of nitrogens with one attached hydrogen (secondary N) is 2. The van der Waals surface area contributed by atoms with Gasteiger partial charge in [-0.25, -0.2) is 0 Å². The maximum absolute atomic E-state index is 5.32. The number of rotatable bonds is 9. The van der Waals surface area contributed by atoms with Crippen molar-refractivity contribution in [2.45, 2.75) is 20.4 Å². The number of ether oxygens (including phenoxy) is 2. The van der Waals surface area contributed by atoms with Crippen LogP contribution in [0, 0.1) is 0 Å². The van der Waals surface area contributed by atoms with E-state index in [1.54, 1.807) is 21.3 Å². The maximum atomic E-state index is 5.32. The van der Waals surface area contributed by atoms with Gasteiger partial charge in [-0.3, -0.25) is 4.99 Å². The Morgan fingerprint density at radius 2 is 1.78 bits per heavy atom. The van der Waals surface area contributed by atoms with E-state index in [2.05, 4.69) is 34.4 Å². The van der Waals surface area contributed by atoms with E-state index in [0.717, 1.165) is 49.2 Å². The minimum Gasteiger partial charge on any atom is -0.493 e. The molecule has 0 aliphatic rings. The molecule has 2 N–H and O–H groups in total. The molecule has 0 unspecified atom stereocenters. The van der Waals surface area contributed by atoms with Gasteiger partial charge in [-0.2, -0.15) is 0 Å². The number of methoxy groups -OCH3 is 2. The highest BCUT2D eigenvalue weighted by Gasteiger charge is 2.05. The van der Waals surface area contributed by atoms with Gasteiger partial charge in [-0.15, -0.1) is 0 Å². The molecule has 1 aromatic rings. The Hall–Kier alpha value is -1.95. The first-order chi connectivity index (χ1) is 11.2. The summed E-state index contributed by atoms with van der Waals surface area (Å²) in [5, 5.41) is 6.64. The van der Waals surface area contributed by atoms with Crippen LogP contribution in [0.1, 0.15) is 19.4 Å². The van der Waals surface area contributed by atoms with Crippen LogP contribution in [-0.2, 0) is 6.54 Å². The van der Waals surface area contributed by atoms with Gasteiger partial charge in [0.05, 0.1) is 14.2 Å². The molecule has 0 saturated heterocycles. The highest BCUT2D eigenvalue weighted by atomic mass is 16.5. The minimum atomic E-state index is 0.672. The average molecular weight is 322 g/mol. The Kier molecular flexibility index (Phi) is 8.90. The third kappa shape index (κ3) is 6.36. The molecule has 0 spiro atoms. The fraction of sp³-hybridized carbons (Fsp3) is 0.588. The molecule has 0 atom stereocenters. The van der Waals surface area contributed by atoms with E-state index in [4.69, 9.17) is 9.47 Å². The summed E-state index contributed by atoms with van der Waals surface area (Å²) in [7, 11) is 5.06. The predicted octanol–water partition coefficient (Wildman–Crippen LogP) is 1.71. The van der Waals surface area contributed by atoms with Gasteiger partial charge in [0.1, 0.15) is 0 Å². The lowest BCUT2D eigenvalue weighted by atomic mass is 10.2. The van der Waals surface area contributed by atoms with E-state index in [1.165, 1.54) is 0 Å². The Bertz CT molecular complexity index is 487. The standard InChI is InChI=1S/C17H30N4O2/c1-6-21(7-2)11-10-19-17(18-3)20-13-14-8-9-15(22-4)16(12-14)23-5/h8-9,12H,6-7,10-11,13H2,1-5H3,(H2,18,19,20). The number of likely N-dealkylation sites (N-methyl/N-ethyl adjacent to an activating group) is 1. The molecule has 0 aromatic heterocycles. The summed E-state index contributed by atoms with van der Waals surface area (Å²) in [5.74, 6) is 2.27. The van der Waals surface area contributed by atoms with Crippen LogP contribution in [0.25, 0.3) is 0 Å². The first-order valence-corrected chi connectivity index (χ1v) is 8.06. The highest BCUT2D eigenvalue weighted by molar-refractivity contribution is 5.79. The van der Waals surface area contributed by atoms with Crippen LogP contribution in [-0.4, -0.2) is 58.3 Å². The average Bonchev–Trinajstić information content (AvgIpc) is 2.61. The quantitative estimate of drug-likeness (QED) is 0.535. The van der Waals surface area contributed by atoms with E-state index in [-0.39, 0.29) is 0 Å². The first-order valence-electron chi connectivity index (χ1n) is 8.06. The summed E-state index contributed by atoms with van der Waals surface area (Å²) in [6.45, 7) is 9.02. The molecule has 6 heteroatoms. The van der Waals surface area contributed by atoms with Crippen LogP contribution in [0.5, 0.6) is 11.5 Å². The summed E-state index contributed by atoms with van der Waals surface area (Å²) in [6, 6.07) is 5.89. The van der Waals surface area contributed by atoms with Gasteiger partial charge in [-0.1, -0.05) is 19.9 Å². The Balaban J connectivity index is 2.48. The van der Waals surface area contributed by atoms with Gasteiger partial charge in [-0.05, 0) is 30.8 Å². The molecule has 0 amide bonds. The lowest BCUT2D eigenvalue weighted by Gasteiger charge is -2.19. The van der Waals surface area contributed by atoms with E-state index in [1.807, 2.05) is 18.2 Å². The van der Waals surface area contributed by atoms with Crippen LogP contribution >= 0.6 is 0 Å². The molecule has 0 fully saturated rings. The van der Waals surface area contributed by atoms with Crippen molar-refractivity contribution >= 4 is 5.96 Å². The molecule has 0 aliphatic carbocycles. The Morgan fingerprint density at radius 1 is 1.09 bits per heavy atom. The number of aliphatic imine (C=N–C) groups is 1. The van der Waals surface area contributed by atoms with Gasteiger partial charge in [0.2, 0.25) is 0 Å². The maximum Gasteiger partial charge on any atom is 0.191 e. The second-order valence-corrected chi connectivity index (χ2v) is 5.07. The SMILES string of the molecule is CCN(CC)CCNC(=NC)NCc1ccc(OC)c(OC)c1. The zero-order valence-electron chi connectivity index (χ0n) is 15.0. The number of nitrogens with zero attached hydrogens (tertiary/aromatic N) is 2. The Labute approximate surface area is 139 Å². The fourth-order valence-electron chi connectivity index (χ4n) is 2.27. The van der Waals surface area contributed by atoms with Gasteiger partial charge < -0.3 is 25.0 Å². The second-order valence-electron chi connectivity index (χ2n) is 5.07. The van der Waals surface area contributed by atoms with Crippen molar-refractivity contribution < 1.29 is 9.47 Å². The fourth-order valence-corrected chi connectivity index (χ4v) is 2.27. The third-order valence-corrected chi connectivity index (χ3v) is 3.75. The van der Waals surface area contributed by atoms with Crippen LogP contribution in [0.3, 0.4) is 0 Å². The molecule has 0 heterocycles. The zero-order chi connectivity index (χ0) is 17.1. The van der Waals surface area contributed by atoms with E-state index in [0.29, 0.717) is 6.54 Å². The van der Waals surface area contributed by atoms with Crippen molar-refractivity contribution in [3.8, 4) is 11.5 Å². The smallest absolute Gasteiger partial charge is 0.191 e. The summed E-state index contributed by atoms with van der Waals surface area (Å²) < 4.78 is 10.6. The third-order valence-electron chi connectivity index (χ3n) is 3.75. The lowest BCUT2D eigenvalue weighted by Crippen LogP contribution is -2.41. The molecule has 1 aromatic carbocycles. The molecule has 0 radical (unpaired) electrons. The summed E-state index contributed by atoms with van der Waals surface area (Å²) in [5.41, 5.74) is 1.11. The lowest BCUT2D eigenvalue weighted by molar-refractivity contribution is 0.308. The Morgan fingerprint density at radius 3 is 2.35 bits per heavy atom. The van der Waals surface area contributed by atoms with E-state index in [9.17, 15) is 0 Å². The number of guanidine groups is 1. The molecule has 0 saturated carbocycles. The minimum absolute atomic E-state index is 0.672. The van der Waals surface area contributed by atoms with Gasteiger partial charge >= 0.3 is 0 Å². The number of benzene rings is 1. The topological polar surface area (TPSA) is 58.1 Å². The van der Waals surface area contributed by atoms with Crippen molar-refractivity contribution in [3.63, 3.8) is 0 Å². The molecule has 6 nitrogen and oxygen atoms in total. The molecular weight excluding hydrogens is 292 g/mol. The summed E-state index contributed by atoms with van der Waals surface area (Å²) >= 11 is 0. The normalized spacial score (nSPS) is 11.5. The van der Waals surface area contributed by atoms with Gasteiger partial charge in [0.25, 0.3) is 0 Å². The molecule has 1 rings (SSSR count). The zero-order valence-corrected chi connectivity index (χ0v) is 15.0. The molecule has 23 heavy (non-hydrogen) atoms. The van der Waals surface area contributed by atoms with Crippen LogP contribution in [0.2, 0.25) is 0 Å². The molecular formula is C17H30N4O2. The summed E-state index contributed by atoms with van der Waals surface area (Å²) in [6.07, 6.45) is 0. The van der Waals surface area contributed by atoms with Crippen molar-refractivity contribution in [2.75, 3.05) is 47.4 Å². The molecule has 0 aliphatic heterocycles. The molecule has 130 valence electrons. The van der Waals surface area contributed by atoms with Crippen LogP contribution in [0.4, 0.5) is 0 Å². The number of hydrogen-bond acceptors (Lipinski definition) is 4. The number of hydrogen-bond donors (Lipinski definition) is 2. The largest absolute Gasteiger partial charge is 0.493 e. The van der Waals surface area contributed by atoms with E-state index < -0.39 is 0 Å². The second kappa shape index (κ2) is 10.7. The van der Waals surface area contributed by atoms with E-state index >= 15 is 0 Å². The van der Waals surface area contributed by atoms with Crippen LogP contribution < -0.4 is 20.1 Å². The predicted molar refractivity (Wildman–Crippen MR) is 95.5 cm³/mol. The van der Waals surface area contributed by atoms with Crippen molar-refractivity contribution in [3.05, 3.63) is 23.8 Å². The van der Waals surface area contributed by atoms with Gasteiger partial charge in [0.15, 0.2) is 17.5 Å². The van der Waals surface area contributed by atoms with Crippen molar-refractivity contribution in [1.29, 1.82) is 0 Å². The highest BCUT2D eigenvalue weighted by Crippen LogP contribution is 2.27. The first kappa shape index (κ1) is 19.1. The van der Waals surface area contributed by atoms with Crippen molar-refractivity contribution in [2.24, 2.45) is 4.99 Å².